The lowest BCUT2D eigenvalue weighted by atomic mass is 10.2. The van der Waals surface area contributed by atoms with Crippen LogP contribution in [0.4, 0.5) is 4.39 Å². The molecule has 9 heteroatoms. The molecule has 1 saturated heterocycles. The summed E-state index contributed by atoms with van der Waals surface area (Å²) in [5.41, 5.74) is -1.89. The Labute approximate surface area is 129 Å². The Hall–Kier alpha value is -2.52. The summed E-state index contributed by atoms with van der Waals surface area (Å²) in [6, 6.07) is 5.12. The second-order valence-electron chi connectivity index (χ2n) is 5.02. The highest BCUT2D eigenvalue weighted by Crippen LogP contribution is 2.30. The van der Waals surface area contributed by atoms with Crippen LogP contribution in [0.2, 0.25) is 0 Å². The largest absolute Gasteiger partial charge is 0.471 e. The van der Waals surface area contributed by atoms with E-state index in [0.717, 1.165) is 10.8 Å². The molecule has 23 heavy (non-hydrogen) atoms. The van der Waals surface area contributed by atoms with Crippen LogP contribution in [0, 0.1) is 5.82 Å². The molecule has 0 spiro atoms. The Morgan fingerprint density at radius 3 is 3.00 bits per heavy atom. The van der Waals surface area contributed by atoms with E-state index in [9.17, 15) is 19.1 Å². The molecule has 2 aromatic heterocycles. The van der Waals surface area contributed by atoms with Crippen LogP contribution in [0.25, 0.3) is 0 Å². The van der Waals surface area contributed by atoms with Crippen molar-refractivity contribution in [2.75, 3.05) is 6.61 Å². The minimum atomic E-state index is -1.09. The SMILES string of the molecule is O=c1[nH]c(=O)n([C@@H]2CC(Oc3ccccn3)[C@H](CO)O2)cc1F. The number of aliphatic hydroxyl groups is 1. The summed E-state index contributed by atoms with van der Waals surface area (Å²) in [6.07, 6.45) is 0.389. The molecule has 122 valence electrons. The topological polar surface area (TPSA) is 106 Å². The Morgan fingerprint density at radius 1 is 1.48 bits per heavy atom. The van der Waals surface area contributed by atoms with Gasteiger partial charge in [-0.3, -0.25) is 14.3 Å². The molecule has 1 unspecified atom stereocenters. The number of aromatic amines is 1. The number of H-pyrrole nitrogens is 1. The monoisotopic (exact) mass is 323 g/mol. The van der Waals surface area contributed by atoms with Crippen LogP contribution in [0.1, 0.15) is 12.6 Å². The first-order chi connectivity index (χ1) is 11.1. The van der Waals surface area contributed by atoms with Gasteiger partial charge in [-0.2, -0.15) is 4.39 Å². The lowest BCUT2D eigenvalue weighted by molar-refractivity contribution is -0.0429. The van der Waals surface area contributed by atoms with Crippen molar-refractivity contribution in [2.45, 2.75) is 24.9 Å². The fourth-order valence-electron chi connectivity index (χ4n) is 2.41. The number of rotatable bonds is 4. The summed E-state index contributed by atoms with van der Waals surface area (Å²) in [4.78, 5) is 28.7. The van der Waals surface area contributed by atoms with Crippen molar-refractivity contribution < 1.29 is 19.0 Å². The summed E-state index contributed by atoms with van der Waals surface area (Å²) in [7, 11) is 0. The van der Waals surface area contributed by atoms with Crippen molar-refractivity contribution >= 4 is 0 Å². The third-order valence-electron chi connectivity index (χ3n) is 3.50. The van der Waals surface area contributed by atoms with Crippen LogP contribution in [0.5, 0.6) is 5.88 Å². The molecule has 0 aliphatic carbocycles. The Bertz CT molecular complexity index is 791. The van der Waals surface area contributed by atoms with Gasteiger partial charge in [-0.25, -0.2) is 9.78 Å². The molecule has 8 nitrogen and oxygen atoms in total. The van der Waals surface area contributed by atoms with Gasteiger partial charge in [0.1, 0.15) is 18.4 Å². The zero-order chi connectivity index (χ0) is 16.4. The van der Waals surface area contributed by atoms with Gasteiger partial charge in [0.25, 0.3) is 5.56 Å². The average molecular weight is 323 g/mol. The molecular weight excluding hydrogens is 309 g/mol. The number of hydrogen-bond acceptors (Lipinski definition) is 6. The summed E-state index contributed by atoms with van der Waals surface area (Å²) in [5.74, 6) is -0.747. The first kappa shape index (κ1) is 15.4. The standard InChI is InChI=1S/C14H14FN3O5/c15-8-6-18(14(21)17-13(8)20)12-5-9(10(7-19)23-12)22-11-3-1-2-4-16-11/h1-4,6,9-10,12,19H,5,7H2,(H,17,20,21)/t9?,10-,12-/m0/s1. The van der Waals surface area contributed by atoms with E-state index in [1.54, 1.807) is 24.4 Å². The first-order valence-electron chi connectivity index (χ1n) is 6.93. The van der Waals surface area contributed by atoms with Gasteiger partial charge in [0.05, 0.1) is 12.8 Å². The number of nitrogens with one attached hydrogen (secondary N) is 1. The minimum Gasteiger partial charge on any atom is -0.471 e. The molecule has 0 bridgehead atoms. The second-order valence-corrected chi connectivity index (χ2v) is 5.02. The van der Waals surface area contributed by atoms with Crippen molar-refractivity contribution in [1.29, 1.82) is 0 Å². The molecule has 0 aromatic carbocycles. The van der Waals surface area contributed by atoms with Crippen LogP contribution >= 0.6 is 0 Å². The van der Waals surface area contributed by atoms with E-state index in [2.05, 4.69) is 4.98 Å². The highest BCUT2D eigenvalue weighted by atomic mass is 19.1. The molecule has 0 radical (unpaired) electrons. The van der Waals surface area contributed by atoms with Crippen LogP contribution in [-0.2, 0) is 4.74 Å². The predicted octanol–water partition coefficient (Wildman–Crippen LogP) is -0.202. The van der Waals surface area contributed by atoms with Gasteiger partial charge in [-0.1, -0.05) is 6.07 Å². The van der Waals surface area contributed by atoms with Crippen molar-refractivity contribution in [2.24, 2.45) is 0 Å². The number of aliphatic hydroxyl groups excluding tert-OH is 1. The zero-order valence-corrected chi connectivity index (χ0v) is 11.9. The van der Waals surface area contributed by atoms with Gasteiger partial charge in [-0.15, -0.1) is 0 Å². The summed E-state index contributed by atoms with van der Waals surface area (Å²) >= 11 is 0. The first-order valence-corrected chi connectivity index (χ1v) is 6.93. The summed E-state index contributed by atoms with van der Waals surface area (Å²) < 4.78 is 25.5. The van der Waals surface area contributed by atoms with Gasteiger partial charge in [-0.05, 0) is 6.07 Å². The van der Waals surface area contributed by atoms with Crippen LogP contribution in [0.3, 0.4) is 0 Å². The molecule has 3 rings (SSSR count). The van der Waals surface area contributed by atoms with E-state index in [4.69, 9.17) is 9.47 Å². The third-order valence-corrected chi connectivity index (χ3v) is 3.50. The van der Waals surface area contributed by atoms with Crippen molar-refractivity contribution in [3.05, 3.63) is 57.2 Å². The lowest BCUT2D eigenvalue weighted by Crippen LogP contribution is -2.34. The smallest absolute Gasteiger partial charge is 0.330 e. The number of pyridine rings is 1. The predicted molar refractivity (Wildman–Crippen MR) is 75.5 cm³/mol. The van der Waals surface area contributed by atoms with Crippen molar-refractivity contribution in [3.8, 4) is 5.88 Å². The van der Waals surface area contributed by atoms with E-state index >= 15 is 0 Å². The molecular formula is C14H14FN3O5. The van der Waals surface area contributed by atoms with E-state index in [0.29, 0.717) is 5.88 Å². The fourth-order valence-corrected chi connectivity index (χ4v) is 2.41. The van der Waals surface area contributed by atoms with Gasteiger partial charge >= 0.3 is 5.69 Å². The molecule has 2 aromatic rings. The van der Waals surface area contributed by atoms with Crippen molar-refractivity contribution in [3.63, 3.8) is 0 Å². The third kappa shape index (κ3) is 3.15. The van der Waals surface area contributed by atoms with Crippen LogP contribution < -0.4 is 16.0 Å². The molecule has 1 fully saturated rings. The quantitative estimate of drug-likeness (QED) is 0.807. The van der Waals surface area contributed by atoms with E-state index in [-0.39, 0.29) is 13.0 Å². The molecule has 3 heterocycles. The van der Waals surface area contributed by atoms with Gasteiger partial charge in [0.15, 0.2) is 0 Å². The summed E-state index contributed by atoms with van der Waals surface area (Å²) in [5, 5.41) is 9.40. The molecule has 1 aliphatic heterocycles. The van der Waals surface area contributed by atoms with E-state index in [1.807, 2.05) is 4.98 Å². The number of aromatic nitrogens is 3. The maximum absolute atomic E-state index is 13.4. The Morgan fingerprint density at radius 2 is 2.30 bits per heavy atom. The number of ether oxygens (including phenoxy) is 2. The number of hydrogen-bond donors (Lipinski definition) is 2. The molecule has 0 amide bonds. The molecule has 1 aliphatic rings. The number of nitrogens with zero attached hydrogens (tertiary/aromatic N) is 2. The van der Waals surface area contributed by atoms with Gasteiger partial charge in [0.2, 0.25) is 11.7 Å². The van der Waals surface area contributed by atoms with Crippen LogP contribution in [-0.4, -0.2) is 38.5 Å². The maximum atomic E-state index is 13.4. The number of halogens is 1. The zero-order valence-electron chi connectivity index (χ0n) is 11.9. The lowest BCUT2D eigenvalue weighted by Gasteiger charge is -2.16. The van der Waals surface area contributed by atoms with Gasteiger partial charge < -0.3 is 14.6 Å². The minimum absolute atomic E-state index is 0.188. The molecule has 0 saturated carbocycles. The Kier molecular flexibility index (Phi) is 4.22. The van der Waals surface area contributed by atoms with Crippen LogP contribution in [0.15, 0.2) is 40.2 Å². The fraction of sp³-hybridized carbons (Fsp3) is 0.357. The maximum Gasteiger partial charge on any atom is 0.330 e. The second kappa shape index (κ2) is 6.31. The van der Waals surface area contributed by atoms with E-state index in [1.165, 1.54) is 0 Å². The summed E-state index contributed by atoms with van der Waals surface area (Å²) in [6.45, 7) is -0.339. The highest BCUT2D eigenvalue weighted by Gasteiger charge is 2.38. The molecule has 2 N–H and O–H groups in total. The van der Waals surface area contributed by atoms with Crippen molar-refractivity contribution in [1.82, 2.24) is 14.5 Å². The molecule has 3 atom stereocenters. The van der Waals surface area contributed by atoms with E-state index < -0.39 is 35.5 Å². The average Bonchev–Trinajstić information content (AvgIpc) is 2.94. The van der Waals surface area contributed by atoms with Gasteiger partial charge in [0, 0.05) is 18.7 Å². The highest BCUT2D eigenvalue weighted by molar-refractivity contribution is 5.10. The Balaban J connectivity index is 1.83. The normalized spacial score (nSPS) is 23.8.